The first-order valence-electron chi connectivity index (χ1n) is 10.5. The second-order valence-corrected chi connectivity index (χ2v) is 7.64. The van der Waals surface area contributed by atoms with Crippen LogP contribution in [0.25, 0.3) is 22.4 Å². The number of terminal acetylenes is 1. The van der Waals surface area contributed by atoms with Gasteiger partial charge in [-0.1, -0.05) is 42.3 Å². The van der Waals surface area contributed by atoms with E-state index in [1.165, 1.54) is 8.92 Å². The number of amides is 1. The molecule has 0 saturated heterocycles. The van der Waals surface area contributed by atoms with Crippen molar-refractivity contribution in [2.75, 3.05) is 5.73 Å². The predicted octanol–water partition coefficient (Wildman–Crippen LogP) is 2.46. The zero-order valence-electron chi connectivity index (χ0n) is 18.1. The molecule has 0 aliphatic rings. The first-order valence-corrected chi connectivity index (χ1v) is 10.5. The number of pyridine rings is 1. The van der Waals surface area contributed by atoms with Gasteiger partial charge in [0.15, 0.2) is 11.5 Å². The van der Waals surface area contributed by atoms with Crippen LogP contribution in [0, 0.1) is 12.3 Å². The molecule has 1 aromatic carbocycles. The summed E-state index contributed by atoms with van der Waals surface area (Å²) >= 11 is 0. The van der Waals surface area contributed by atoms with E-state index < -0.39 is 11.9 Å². The molecule has 0 fully saturated rings. The number of nitrogens with one attached hydrogen (secondary N) is 1. The van der Waals surface area contributed by atoms with Crippen molar-refractivity contribution in [3.63, 3.8) is 0 Å². The van der Waals surface area contributed by atoms with Gasteiger partial charge in [0.2, 0.25) is 0 Å². The molecule has 1 atom stereocenters. The summed E-state index contributed by atoms with van der Waals surface area (Å²) in [5.41, 5.74) is 8.35. The minimum absolute atomic E-state index is 0.0527. The molecule has 0 bridgehead atoms. The van der Waals surface area contributed by atoms with Crippen LogP contribution in [0.3, 0.4) is 0 Å². The Bertz CT molecular complexity index is 1660. The standard InChI is InChI=1S/C25H19N7O2/c1-3-17-11-7-12-18-29-21(19(25(34)32(17)18)16-9-5-4-6-10-16)15(2)28-24(33)20-22(26)30-31-14-8-13-27-23(20)31/h1,4-15H,2H3,(H2,26,30)(H,28,33). The molecule has 9 nitrogen and oxygen atoms in total. The van der Waals surface area contributed by atoms with Gasteiger partial charge in [-0.3, -0.25) is 14.0 Å². The number of fused-ring (bicyclic) bond motifs is 2. The summed E-state index contributed by atoms with van der Waals surface area (Å²) in [5.74, 6) is 2.11. The Kier molecular flexibility index (Phi) is 5.03. The maximum absolute atomic E-state index is 13.6. The minimum atomic E-state index is -0.645. The molecule has 4 aromatic heterocycles. The maximum Gasteiger partial charge on any atom is 0.267 e. The molecular weight excluding hydrogens is 430 g/mol. The maximum atomic E-state index is 13.6. The first-order chi connectivity index (χ1) is 16.5. The number of hydrogen-bond acceptors (Lipinski definition) is 6. The molecule has 5 aromatic rings. The minimum Gasteiger partial charge on any atom is -0.381 e. The average Bonchev–Trinajstić information content (AvgIpc) is 3.19. The van der Waals surface area contributed by atoms with Crippen LogP contribution in [0.15, 0.2) is 71.8 Å². The highest BCUT2D eigenvalue weighted by molar-refractivity contribution is 6.04. The van der Waals surface area contributed by atoms with Crippen LogP contribution in [0.4, 0.5) is 5.82 Å². The molecule has 0 saturated carbocycles. The summed E-state index contributed by atoms with van der Waals surface area (Å²) in [6.45, 7) is 1.75. The van der Waals surface area contributed by atoms with E-state index in [0.29, 0.717) is 33.8 Å². The van der Waals surface area contributed by atoms with E-state index in [9.17, 15) is 9.59 Å². The van der Waals surface area contributed by atoms with Gasteiger partial charge in [-0.25, -0.2) is 14.5 Å². The second-order valence-electron chi connectivity index (χ2n) is 7.64. The Labute approximate surface area is 193 Å². The number of carbonyl (C=O) groups is 1. The summed E-state index contributed by atoms with van der Waals surface area (Å²) in [4.78, 5) is 35.8. The molecular formula is C25H19N7O2. The fourth-order valence-electron chi connectivity index (χ4n) is 3.96. The van der Waals surface area contributed by atoms with Crippen LogP contribution in [0.2, 0.25) is 0 Å². The number of aromatic nitrogens is 5. The third kappa shape index (κ3) is 3.34. The van der Waals surface area contributed by atoms with Crippen molar-refractivity contribution in [3.8, 4) is 23.5 Å². The molecule has 0 aliphatic heterocycles. The van der Waals surface area contributed by atoms with E-state index in [4.69, 9.17) is 17.1 Å². The molecule has 0 spiro atoms. The van der Waals surface area contributed by atoms with E-state index in [-0.39, 0.29) is 16.9 Å². The van der Waals surface area contributed by atoms with Gasteiger partial charge in [-0.15, -0.1) is 11.5 Å². The smallest absolute Gasteiger partial charge is 0.267 e. The lowest BCUT2D eigenvalue weighted by atomic mass is 10.0. The van der Waals surface area contributed by atoms with E-state index in [1.807, 2.05) is 30.3 Å². The normalized spacial score (nSPS) is 11.9. The summed E-state index contributed by atoms with van der Waals surface area (Å²) in [6, 6.07) is 15.3. The van der Waals surface area contributed by atoms with Gasteiger partial charge in [-0.2, -0.15) is 0 Å². The van der Waals surface area contributed by atoms with Gasteiger partial charge < -0.3 is 11.1 Å². The summed E-state index contributed by atoms with van der Waals surface area (Å²) in [6.07, 6.45) is 8.84. The highest BCUT2D eigenvalue weighted by atomic mass is 16.2. The summed E-state index contributed by atoms with van der Waals surface area (Å²) in [5, 5.41) is 7.04. The van der Waals surface area contributed by atoms with Crippen LogP contribution >= 0.6 is 0 Å². The van der Waals surface area contributed by atoms with Crippen LogP contribution in [0.1, 0.15) is 34.7 Å². The number of benzene rings is 1. The monoisotopic (exact) mass is 449 g/mol. The lowest BCUT2D eigenvalue weighted by Gasteiger charge is -2.18. The molecule has 3 N–H and O–H groups in total. The zero-order chi connectivity index (χ0) is 23.8. The fourth-order valence-corrected chi connectivity index (χ4v) is 3.96. The number of carbonyl (C=O) groups excluding carboxylic acids is 1. The lowest BCUT2D eigenvalue weighted by molar-refractivity contribution is 0.0941. The van der Waals surface area contributed by atoms with Crippen LogP contribution < -0.4 is 16.6 Å². The van der Waals surface area contributed by atoms with Gasteiger partial charge in [0.05, 0.1) is 17.3 Å². The van der Waals surface area contributed by atoms with E-state index >= 15 is 0 Å². The highest BCUT2D eigenvalue weighted by Crippen LogP contribution is 2.26. The number of nitrogens with two attached hydrogens (primary N) is 1. The van der Waals surface area contributed by atoms with E-state index in [0.717, 1.165) is 0 Å². The third-order valence-electron chi connectivity index (χ3n) is 5.50. The Hall–Kier alpha value is -4.97. The predicted molar refractivity (Wildman–Crippen MR) is 128 cm³/mol. The van der Waals surface area contributed by atoms with Crippen molar-refractivity contribution >= 4 is 23.0 Å². The largest absolute Gasteiger partial charge is 0.381 e. The molecule has 1 unspecified atom stereocenters. The summed E-state index contributed by atoms with van der Waals surface area (Å²) < 4.78 is 2.83. The summed E-state index contributed by atoms with van der Waals surface area (Å²) in [7, 11) is 0. The van der Waals surface area contributed by atoms with Crippen molar-refractivity contribution < 1.29 is 4.79 Å². The third-order valence-corrected chi connectivity index (χ3v) is 5.50. The number of anilines is 1. The topological polar surface area (TPSA) is 120 Å². The number of hydrogen-bond donors (Lipinski definition) is 2. The number of nitrogens with zero attached hydrogens (tertiary/aromatic N) is 5. The number of rotatable bonds is 4. The molecule has 9 heteroatoms. The van der Waals surface area contributed by atoms with Crippen LogP contribution in [-0.2, 0) is 0 Å². The van der Waals surface area contributed by atoms with Crippen molar-refractivity contribution in [1.29, 1.82) is 0 Å². The molecule has 34 heavy (non-hydrogen) atoms. The highest BCUT2D eigenvalue weighted by Gasteiger charge is 2.25. The Morgan fingerprint density at radius 2 is 1.94 bits per heavy atom. The molecule has 0 aliphatic carbocycles. The van der Waals surface area contributed by atoms with Gasteiger partial charge in [0.1, 0.15) is 16.9 Å². The van der Waals surface area contributed by atoms with Gasteiger partial charge in [0, 0.05) is 12.4 Å². The number of nitrogen functional groups attached to an aromatic ring is 1. The Morgan fingerprint density at radius 1 is 1.15 bits per heavy atom. The molecule has 166 valence electrons. The van der Waals surface area contributed by atoms with Crippen LogP contribution in [0.5, 0.6) is 0 Å². The average molecular weight is 449 g/mol. The molecule has 1 amide bonds. The molecule has 4 heterocycles. The van der Waals surface area contributed by atoms with Gasteiger partial charge in [-0.05, 0) is 30.7 Å². The van der Waals surface area contributed by atoms with Crippen molar-refractivity contribution in [2.45, 2.75) is 13.0 Å². The second kappa shape index (κ2) is 8.18. The fraction of sp³-hybridized carbons (Fsp3) is 0.0800. The molecule has 5 rings (SSSR count). The van der Waals surface area contributed by atoms with Crippen molar-refractivity contribution in [3.05, 3.63) is 94.3 Å². The Morgan fingerprint density at radius 3 is 2.71 bits per heavy atom. The molecule has 0 radical (unpaired) electrons. The van der Waals surface area contributed by atoms with Gasteiger partial charge in [0.25, 0.3) is 11.5 Å². The van der Waals surface area contributed by atoms with E-state index in [1.54, 1.807) is 43.6 Å². The van der Waals surface area contributed by atoms with Crippen molar-refractivity contribution in [2.24, 2.45) is 0 Å². The lowest BCUT2D eigenvalue weighted by Crippen LogP contribution is -2.31. The quantitative estimate of drug-likeness (QED) is 0.407. The van der Waals surface area contributed by atoms with E-state index in [2.05, 4.69) is 21.3 Å². The first kappa shape index (κ1) is 20.9. The van der Waals surface area contributed by atoms with Crippen molar-refractivity contribution in [1.82, 2.24) is 29.3 Å². The van der Waals surface area contributed by atoms with Crippen LogP contribution in [-0.4, -0.2) is 29.9 Å². The SMILES string of the molecule is C#Cc1cccc2nc(C(C)NC(=O)c3c(N)nn4cccnc34)c(-c3ccccc3)c(=O)n12. The van der Waals surface area contributed by atoms with Gasteiger partial charge >= 0.3 is 0 Å². The Balaban J connectivity index is 1.65. The zero-order valence-corrected chi connectivity index (χ0v) is 18.1.